The zero-order valence-corrected chi connectivity index (χ0v) is 17.2. The van der Waals surface area contributed by atoms with Gasteiger partial charge in [-0.25, -0.2) is 4.79 Å². The maximum atomic E-state index is 12.7. The number of hydrogen-bond acceptors (Lipinski definition) is 3. The molecule has 1 saturated heterocycles. The Morgan fingerprint density at radius 2 is 1.93 bits per heavy atom. The Labute approximate surface area is 170 Å². The third-order valence-corrected chi connectivity index (χ3v) is 6.50. The molecule has 0 spiro atoms. The summed E-state index contributed by atoms with van der Waals surface area (Å²) < 4.78 is 0. The Kier molecular flexibility index (Phi) is 7.09. The average Bonchev–Trinajstić information content (AvgIpc) is 3.22. The lowest BCUT2D eigenvalue weighted by molar-refractivity contribution is -0.133. The summed E-state index contributed by atoms with van der Waals surface area (Å²) >= 11 is 1.53. The van der Waals surface area contributed by atoms with Crippen molar-refractivity contribution in [2.75, 3.05) is 13.1 Å². The highest BCUT2D eigenvalue weighted by Crippen LogP contribution is 2.26. The molecule has 2 aromatic rings. The Bertz CT molecular complexity index is 766. The number of thiophene rings is 1. The summed E-state index contributed by atoms with van der Waals surface area (Å²) in [4.78, 5) is 26.9. The van der Waals surface area contributed by atoms with Gasteiger partial charge in [0.25, 0.3) is 0 Å². The third-order valence-electron chi connectivity index (χ3n) is 5.51. The lowest BCUT2D eigenvalue weighted by Gasteiger charge is -2.33. The van der Waals surface area contributed by atoms with Crippen LogP contribution in [0.15, 0.2) is 41.8 Å². The molecule has 3 N–H and O–H groups in total. The van der Waals surface area contributed by atoms with Crippen molar-refractivity contribution in [1.29, 1.82) is 0 Å². The van der Waals surface area contributed by atoms with Crippen LogP contribution in [-0.4, -0.2) is 29.9 Å². The van der Waals surface area contributed by atoms with Gasteiger partial charge in [0.2, 0.25) is 5.91 Å². The maximum Gasteiger partial charge on any atom is 0.312 e. The van der Waals surface area contributed by atoms with Gasteiger partial charge in [-0.1, -0.05) is 35.9 Å². The first-order valence-electron chi connectivity index (χ1n) is 9.94. The van der Waals surface area contributed by atoms with E-state index < -0.39 is 6.03 Å². The second kappa shape index (κ2) is 9.73. The van der Waals surface area contributed by atoms with E-state index in [-0.39, 0.29) is 18.4 Å². The summed E-state index contributed by atoms with van der Waals surface area (Å²) in [7, 11) is 0. The number of aryl methyl sites for hydroxylation is 2. The van der Waals surface area contributed by atoms with Crippen LogP contribution in [0.25, 0.3) is 0 Å². The number of piperidine rings is 1. The number of likely N-dealkylation sites (tertiary alicyclic amines) is 1. The van der Waals surface area contributed by atoms with Crippen molar-refractivity contribution in [1.82, 2.24) is 10.2 Å². The fourth-order valence-electron chi connectivity index (χ4n) is 3.78. The summed E-state index contributed by atoms with van der Waals surface area (Å²) in [5, 5.41) is 4.64. The van der Waals surface area contributed by atoms with Gasteiger partial charge in [0.15, 0.2) is 0 Å². The van der Waals surface area contributed by atoms with Crippen molar-refractivity contribution < 1.29 is 9.59 Å². The average molecular weight is 400 g/mol. The van der Waals surface area contributed by atoms with E-state index in [4.69, 9.17) is 5.73 Å². The molecule has 0 radical (unpaired) electrons. The van der Waals surface area contributed by atoms with E-state index >= 15 is 0 Å². The van der Waals surface area contributed by atoms with Crippen molar-refractivity contribution >= 4 is 23.3 Å². The molecule has 0 saturated carbocycles. The number of amides is 3. The molecule has 1 aromatic heterocycles. The van der Waals surface area contributed by atoms with Gasteiger partial charge in [-0.2, -0.15) is 0 Å². The van der Waals surface area contributed by atoms with Crippen LogP contribution in [0.1, 0.15) is 47.7 Å². The number of carbonyl (C=O) groups is 2. The summed E-state index contributed by atoms with van der Waals surface area (Å²) in [6.07, 6.45) is 4.63. The highest BCUT2D eigenvalue weighted by atomic mass is 32.1. The molecule has 1 unspecified atom stereocenters. The maximum absolute atomic E-state index is 12.7. The number of nitrogens with two attached hydrogens (primary N) is 1. The SMILES string of the molecule is Cc1ccc(CCC2CCN(C(=O)CC(NC(N)=O)c3cccs3)CC2)cc1. The summed E-state index contributed by atoms with van der Waals surface area (Å²) in [6, 6.07) is 11.7. The first-order chi connectivity index (χ1) is 13.5. The van der Waals surface area contributed by atoms with Crippen LogP contribution in [0.4, 0.5) is 4.79 Å². The number of rotatable bonds is 7. The lowest BCUT2D eigenvalue weighted by atomic mass is 9.90. The van der Waals surface area contributed by atoms with Crippen LogP contribution in [0.2, 0.25) is 0 Å². The van der Waals surface area contributed by atoms with Crippen molar-refractivity contribution in [2.45, 2.75) is 45.1 Å². The van der Waals surface area contributed by atoms with Crippen LogP contribution >= 0.6 is 11.3 Å². The van der Waals surface area contributed by atoms with E-state index in [2.05, 4.69) is 36.5 Å². The molecule has 6 heteroatoms. The number of nitrogens with one attached hydrogen (secondary N) is 1. The van der Waals surface area contributed by atoms with Crippen LogP contribution in [0.5, 0.6) is 0 Å². The molecule has 0 bridgehead atoms. The minimum atomic E-state index is -0.596. The predicted molar refractivity (Wildman–Crippen MR) is 113 cm³/mol. The van der Waals surface area contributed by atoms with Crippen LogP contribution < -0.4 is 11.1 Å². The smallest absolute Gasteiger partial charge is 0.312 e. The van der Waals surface area contributed by atoms with E-state index in [9.17, 15) is 9.59 Å². The monoisotopic (exact) mass is 399 g/mol. The topological polar surface area (TPSA) is 75.4 Å². The lowest BCUT2D eigenvalue weighted by Crippen LogP contribution is -2.41. The fourth-order valence-corrected chi connectivity index (χ4v) is 4.56. The molecule has 28 heavy (non-hydrogen) atoms. The minimum Gasteiger partial charge on any atom is -0.352 e. The number of primary amides is 1. The largest absolute Gasteiger partial charge is 0.352 e. The molecule has 5 nitrogen and oxygen atoms in total. The quantitative estimate of drug-likeness (QED) is 0.738. The number of benzene rings is 1. The Morgan fingerprint density at radius 1 is 1.21 bits per heavy atom. The Hall–Kier alpha value is -2.34. The molecule has 0 aliphatic carbocycles. The first kappa shape index (κ1) is 20.4. The van der Waals surface area contributed by atoms with E-state index in [1.54, 1.807) is 0 Å². The van der Waals surface area contributed by atoms with Crippen molar-refractivity contribution in [3.05, 3.63) is 57.8 Å². The molecular weight excluding hydrogens is 370 g/mol. The number of hydrogen-bond donors (Lipinski definition) is 2. The van der Waals surface area contributed by atoms with Crippen molar-refractivity contribution in [2.24, 2.45) is 11.7 Å². The van der Waals surface area contributed by atoms with Gasteiger partial charge in [-0.15, -0.1) is 11.3 Å². The fraction of sp³-hybridized carbons (Fsp3) is 0.455. The van der Waals surface area contributed by atoms with E-state index in [0.29, 0.717) is 5.92 Å². The predicted octanol–water partition coefficient (Wildman–Crippen LogP) is 4.03. The first-order valence-corrected chi connectivity index (χ1v) is 10.8. The molecular formula is C22H29N3O2S. The highest BCUT2D eigenvalue weighted by Gasteiger charge is 2.26. The normalized spacial score (nSPS) is 16.0. The zero-order chi connectivity index (χ0) is 19.9. The van der Waals surface area contributed by atoms with Gasteiger partial charge in [0, 0.05) is 18.0 Å². The molecule has 1 aliphatic rings. The Balaban J connectivity index is 1.46. The summed E-state index contributed by atoms with van der Waals surface area (Å²) in [5.74, 6) is 0.756. The molecule has 1 aliphatic heterocycles. The second-order valence-electron chi connectivity index (χ2n) is 7.63. The molecule has 1 aromatic carbocycles. The molecule has 150 valence electrons. The van der Waals surface area contributed by atoms with E-state index in [0.717, 1.165) is 37.2 Å². The standard InChI is InChI=1S/C22H29N3O2S/c1-16-4-6-17(7-5-16)8-9-18-10-12-25(13-11-18)21(26)15-19(24-22(23)27)20-3-2-14-28-20/h2-7,14,18-19H,8-13,15H2,1H3,(H3,23,24,27). The Morgan fingerprint density at radius 3 is 2.54 bits per heavy atom. The zero-order valence-electron chi connectivity index (χ0n) is 16.4. The number of nitrogens with zero attached hydrogens (tertiary/aromatic N) is 1. The summed E-state index contributed by atoms with van der Waals surface area (Å²) in [6.45, 7) is 3.70. The molecule has 1 atom stereocenters. The van der Waals surface area contributed by atoms with Gasteiger partial charge in [-0.3, -0.25) is 4.79 Å². The van der Waals surface area contributed by atoms with Crippen LogP contribution in [0, 0.1) is 12.8 Å². The van der Waals surface area contributed by atoms with Gasteiger partial charge < -0.3 is 16.0 Å². The second-order valence-corrected chi connectivity index (χ2v) is 8.61. The van der Waals surface area contributed by atoms with Gasteiger partial charge >= 0.3 is 6.03 Å². The molecule has 3 rings (SSSR count). The van der Waals surface area contributed by atoms with Gasteiger partial charge in [0.1, 0.15) is 0 Å². The van der Waals surface area contributed by atoms with Crippen molar-refractivity contribution in [3.63, 3.8) is 0 Å². The summed E-state index contributed by atoms with van der Waals surface area (Å²) in [5.41, 5.74) is 7.97. The molecule has 2 heterocycles. The molecule has 3 amide bonds. The highest BCUT2D eigenvalue weighted by molar-refractivity contribution is 7.10. The van der Waals surface area contributed by atoms with E-state index in [1.807, 2.05) is 22.4 Å². The van der Waals surface area contributed by atoms with Crippen molar-refractivity contribution in [3.8, 4) is 0 Å². The van der Waals surface area contributed by atoms with Gasteiger partial charge in [0.05, 0.1) is 12.5 Å². The number of carbonyl (C=O) groups excluding carboxylic acids is 2. The van der Waals surface area contributed by atoms with E-state index in [1.165, 1.54) is 28.9 Å². The number of urea groups is 1. The third kappa shape index (κ3) is 5.83. The van der Waals surface area contributed by atoms with Crippen LogP contribution in [0.3, 0.4) is 0 Å². The van der Waals surface area contributed by atoms with Gasteiger partial charge in [-0.05, 0) is 55.5 Å². The van der Waals surface area contributed by atoms with Crippen LogP contribution in [-0.2, 0) is 11.2 Å². The minimum absolute atomic E-state index is 0.0872. The molecule has 1 fully saturated rings.